The third-order valence-corrected chi connectivity index (χ3v) is 11.9. The fourth-order valence-corrected chi connectivity index (χ4v) is 8.76. The molecule has 0 bridgehead atoms. The first kappa shape index (κ1) is 47.4. The van der Waals surface area contributed by atoms with Crippen molar-refractivity contribution in [1.82, 2.24) is 10.6 Å². The summed E-state index contributed by atoms with van der Waals surface area (Å²) in [6, 6.07) is -1.28. The van der Waals surface area contributed by atoms with Crippen molar-refractivity contribution in [2.24, 2.45) is 23.7 Å². The van der Waals surface area contributed by atoms with Gasteiger partial charge < -0.3 is 65.0 Å². The van der Waals surface area contributed by atoms with Gasteiger partial charge >= 0.3 is 5.97 Å². The quantitative estimate of drug-likeness (QED) is 0.0844. The maximum Gasteiger partial charge on any atom is 0.332 e. The number of aliphatic hydroxyl groups excluding tert-OH is 5. The maximum absolute atomic E-state index is 13.8. The fourth-order valence-electron chi connectivity index (χ4n) is 8.76. The average molecular weight is 817 g/mol. The number of hydrogen-bond donors (Lipinski definition) is 8. The number of ketones is 1. The summed E-state index contributed by atoms with van der Waals surface area (Å²) in [7, 11) is 0. The van der Waals surface area contributed by atoms with Crippen LogP contribution in [-0.4, -0.2) is 147 Å². The molecule has 4 fully saturated rings. The van der Waals surface area contributed by atoms with Crippen molar-refractivity contribution < 1.29 is 73.5 Å². The zero-order valence-corrected chi connectivity index (χ0v) is 34.1. The summed E-state index contributed by atoms with van der Waals surface area (Å²) in [6.07, 6.45) is -9.13. The topological polar surface area (TPSA) is 260 Å². The molecule has 2 saturated carbocycles. The summed E-state index contributed by atoms with van der Waals surface area (Å²) >= 11 is 0. The number of aliphatic carboxylic acids is 1. The number of aliphatic hydroxyl groups is 5. The van der Waals surface area contributed by atoms with Gasteiger partial charge in [0.2, 0.25) is 11.8 Å². The smallest absolute Gasteiger partial charge is 0.332 e. The molecule has 17 nitrogen and oxygen atoms in total. The van der Waals surface area contributed by atoms with Gasteiger partial charge in [-0.1, -0.05) is 59.3 Å². The molecule has 2 aliphatic heterocycles. The zero-order valence-electron chi connectivity index (χ0n) is 34.1. The molecule has 0 spiro atoms. The van der Waals surface area contributed by atoms with Gasteiger partial charge in [-0.15, -0.1) is 0 Å². The largest absolute Gasteiger partial charge is 0.479 e. The van der Waals surface area contributed by atoms with Crippen LogP contribution < -0.4 is 10.6 Å². The Labute approximate surface area is 335 Å². The molecule has 4 rings (SSSR count). The SMILES string of the molecule is CC[C@@H]1CC(C(=O)CCCNC(=O)CC(C)C)C[C@@H](O[C@@H]2O[C@@H](CO)[C@H](O)C(O[C@@H](CC3CCCCC3)C(=O)O)C2NC(C)=O)C1O[C@@H]1OC(C)[C@@H](O)[C@H](O)C1O. The Bertz CT molecular complexity index is 1300. The predicted molar refractivity (Wildman–Crippen MR) is 202 cm³/mol. The van der Waals surface area contributed by atoms with Crippen molar-refractivity contribution in [3.8, 4) is 0 Å². The summed E-state index contributed by atoms with van der Waals surface area (Å²) in [5.41, 5.74) is 0. The molecule has 2 aliphatic carbocycles. The van der Waals surface area contributed by atoms with Crippen LogP contribution in [0.3, 0.4) is 0 Å². The van der Waals surface area contributed by atoms with Crippen LogP contribution in [0.5, 0.6) is 0 Å². The third-order valence-electron chi connectivity index (χ3n) is 11.9. The molecule has 2 saturated heterocycles. The molecule has 0 aromatic heterocycles. The van der Waals surface area contributed by atoms with E-state index >= 15 is 0 Å². The number of carbonyl (C=O) groups excluding carboxylic acids is 3. The van der Waals surface area contributed by atoms with Crippen molar-refractivity contribution in [2.45, 2.75) is 191 Å². The van der Waals surface area contributed by atoms with Gasteiger partial charge in [0.05, 0.1) is 24.9 Å². The minimum Gasteiger partial charge on any atom is -0.479 e. The number of carboxylic acids is 1. The van der Waals surface area contributed by atoms with E-state index < -0.39 is 104 Å². The van der Waals surface area contributed by atoms with E-state index in [0.29, 0.717) is 32.2 Å². The third kappa shape index (κ3) is 13.1. The minimum absolute atomic E-state index is 0.0698. The number of amides is 2. The van der Waals surface area contributed by atoms with Gasteiger partial charge in [0.25, 0.3) is 0 Å². The second-order valence-corrected chi connectivity index (χ2v) is 16.9. The van der Waals surface area contributed by atoms with E-state index in [0.717, 1.165) is 32.1 Å². The van der Waals surface area contributed by atoms with Crippen molar-refractivity contribution in [3.05, 3.63) is 0 Å². The van der Waals surface area contributed by atoms with Crippen LogP contribution in [0.4, 0.5) is 0 Å². The Balaban J connectivity index is 1.62. The van der Waals surface area contributed by atoms with Crippen LogP contribution >= 0.6 is 0 Å². The molecule has 328 valence electrons. The highest BCUT2D eigenvalue weighted by molar-refractivity contribution is 5.81. The highest BCUT2D eigenvalue weighted by Gasteiger charge is 2.52. The van der Waals surface area contributed by atoms with Crippen molar-refractivity contribution in [3.63, 3.8) is 0 Å². The fraction of sp³-hybridized carbons (Fsp3) is 0.900. The lowest BCUT2D eigenvalue weighted by atomic mass is 9.74. The van der Waals surface area contributed by atoms with Gasteiger partial charge in [0.15, 0.2) is 18.7 Å². The predicted octanol–water partition coefficient (Wildman–Crippen LogP) is 0.924. The lowest BCUT2D eigenvalue weighted by molar-refractivity contribution is -0.338. The van der Waals surface area contributed by atoms with Gasteiger partial charge in [-0.25, -0.2) is 4.79 Å². The maximum atomic E-state index is 13.8. The summed E-state index contributed by atoms with van der Waals surface area (Å²) in [5.74, 6) is -2.59. The van der Waals surface area contributed by atoms with E-state index in [2.05, 4.69) is 10.6 Å². The first-order chi connectivity index (χ1) is 27.0. The molecule has 57 heavy (non-hydrogen) atoms. The van der Waals surface area contributed by atoms with Crippen LogP contribution in [0, 0.1) is 23.7 Å². The summed E-state index contributed by atoms with van der Waals surface area (Å²) in [4.78, 5) is 51.2. The molecular weight excluding hydrogens is 748 g/mol. The van der Waals surface area contributed by atoms with Gasteiger partial charge in [0.1, 0.15) is 48.4 Å². The molecule has 6 unspecified atom stereocenters. The number of carbonyl (C=O) groups is 4. The number of hydrogen-bond acceptors (Lipinski definition) is 14. The molecule has 0 aromatic rings. The molecule has 4 aliphatic rings. The Hall–Kier alpha value is -2.32. The van der Waals surface area contributed by atoms with Gasteiger partial charge in [-0.2, -0.15) is 0 Å². The van der Waals surface area contributed by atoms with E-state index in [1.807, 2.05) is 20.8 Å². The average Bonchev–Trinajstić information content (AvgIpc) is 3.16. The number of nitrogens with one attached hydrogen (secondary N) is 2. The monoisotopic (exact) mass is 816 g/mol. The second kappa shape index (κ2) is 22.3. The molecule has 0 radical (unpaired) electrons. The standard InChI is InChI=1S/C40H68N2O15/c1-6-24-17-25(26(45)13-10-14-41-30(46)15-20(2)3)18-27(36(24)57-40-35(50)34(49)32(47)21(4)53-40)55-39-31(42-22(5)44)37(33(48)29(19-43)56-39)54-28(38(51)52)16-23-11-8-7-9-12-23/h20-21,23-25,27-29,31-37,39-40,43,47-50H,6-19H2,1-5H3,(H,41,46)(H,42,44)(H,51,52)/t21?,24-,25?,27-,28+,29+,31?,32-,33+,34+,35?,36?,37?,39-,40+/m1/s1. The van der Waals surface area contributed by atoms with E-state index in [4.69, 9.17) is 23.7 Å². The van der Waals surface area contributed by atoms with E-state index in [-0.39, 0.29) is 48.7 Å². The molecule has 2 amide bonds. The first-order valence-corrected chi connectivity index (χ1v) is 20.9. The molecule has 0 aromatic carbocycles. The van der Waals surface area contributed by atoms with Crippen molar-refractivity contribution in [2.75, 3.05) is 13.2 Å². The molecule has 17 heteroatoms. The Morgan fingerprint density at radius 1 is 0.877 bits per heavy atom. The lowest BCUT2D eigenvalue weighted by Crippen LogP contribution is -2.67. The number of carboxylic acid groups (broad SMARTS) is 1. The Kier molecular flexibility index (Phi) is 18.6. The van der Waals surface area contributed by atoms with Crippen LogP contribution in [0.1, 0.15) is 112 Å². The molecular formula is C40H68N2O15. The lowest BCUT2D eigenvalue weighted by Gasteiger charge is -2.49. The minimum atomic E-state index is -1.64. The van der Waals surface area contributed by atoms with E-state index in [1.54, 1.807) is 0 Å². The van der Waals surface area contributed by atoms with Gasteiger partial charge in [-0.3, -0.25) is 14.4 Å². The van der Waals surface area contributed by atoms with Crippen LogP contribution in [0.2, 0.25) is 0 Å². The molecule has 2 heterocycles. The van der Waals surface area contributed by atoms with Crippen LogP contribution in [-0.2, 0) is 42.9 Å². The zero-order chi connectivity index (χ0) is 42.0. The van der Waals surface area contributed by atoms with Gasteiger partial charge in [-0.05, 0) is 50.4 Å². The summed E-state index contributed by atoms with van der Waals surface area (Å²) < 4.78 is 31.1. The number of rotatable bonds is 19. The highest BCUT2D eigenvalue weighted by Crippen LogP contribution is 2.40. The Morgan fingerprint density at radius 2 is 1.58 bits per heavy atom. The van der Waals surface area contributed by atoms with Crippen LogP contribution in [0.15, 0.2) is 0 Å². The Morgan fingerprint density at radius 3 is 2.19 bits per heavy atom. The number of Topliss-reactive ketones (excluding diaryl/α,β-unsaturated/α-hetero) is 1. The van der Waals surface area contributed by atoms with E-state index in [1.165, 1.54) is 13.8 Å². The number of ether oxygens (including phenoxy) is 5. The second-order valence-electron chi connectivity index (χ2n) is 16.9. The first-order valence-electron chi connectivity index (χ1n) is 20.9. The van der Waals surface area contributed by atoms with Crippen molar-refractivity contribution in [1.29, 1.82) is 0 Å². The van der Waals surface area contributed by atoms with Crippen LogP contribution in [0.25, 0.3) is 0 Å². The van der Waals surface area contributed by atoms with Crippen molar-refractivity contribution >= 4 is 23.6 Å². The summed E-state index contributed by atoms with van der Waals surface area (Å²) in [6.45, 7) is 8.17. The highest BCUT2D eigenvalue weighted by atomic mass is 16.7. The summed E-state index contributed by atoms with van der Waals surface area (Å²) in [5, 5.41) is 69.4. The normalized spacial score (nSPS) is 37.0. The molecule has 15 atom stereocenters. The van der Waals surface area contributed by atoms with E-state index in [9.17, 15) is 49.8 Å². The molecule has 8 N–H and O–H groups in total. The van der Waals surface area contributed by atoms with Gasteiger partial charge in [0, 0.05) is 32.2 Å².